The summed E-state index contributed by atoms with van der Waals surface area (Å²) < 4.78 is 11.8. The molecule has 1 aliphatic rings. The van der Waals surface area contributed by atoms with Crippen LogP contribution in [0.15, 0.2) is 57.7 Å². The van der Waals surface area contributed by atoms with Gasteiger partial charge in [-0.3, -0.25) is 9.59 Å². The summed E-state index contributed by atoms with van der Waals surface area (Å²) in [5.74, 6) is -0.242. The predicted molar refractivity (Wildman–Crippen MR) is 97.7 cm³/mol. The first kappa shape index (κ1) is 16.7. The maximum absolute atomic E-state index is 12.4. The van der Waals surface area contributed by atoms with Crippen molar-refractivity contribution < 1.29 is 19.1 Å². The fourth-order valence-corrected chi connectivity index (χ4v) is 3.30. The molecule has 6 heteroatoms. The molecule has 0 radical (unpaired) electrons. The molecule has 3 aromatic rings. The van der Waals surface area contributed by atoms with Gasteiger partial charge in [-0.1, -0.05) is 29.8 Å². The van der Waals surface area contributed by atoms with Crippen LogP contribution in [-0.2, 0) is 4.79 Å². The van der Waals surface area contributed by atoms with Crippen molar-refractivity contribution in [2.75, 3.05) is 0 Å². The monoisotopic (exact) mass is 370 g/mol. The summed E-state index contributed by atoms with van der Waals surface area (Å²) in [6.45, 7) is 0. The van der Waals surface area contributed by atoms with Crippen molar-refractivity contribution in [3.05, 3.63) is 63.8 Å². The van der Waals surface area contributed by atoms with Crippen LogP contribution in [0.4, 0.5) is 0 Å². The molecule has 0 atom stereocenters. The Kier molecular flexibility index (Phi) is 4.17. The van der Waals surface area contributed by atoms with Gasteiger partial charge in [0, 0.05) is 6.07 Å². The van der Waals surface area contributed by atoms with E-state index in [1.807, 2.05) is 12.1 Å². The number of fused-ring (bicyclic) bond motifs is 1. The second-order valence-electron chi connectivity index (χ2n) is 6.33. The lowest BCUT2D eigenvalue weighted by Gasteiger charge is -2.33. The minimum atomic E-state index is -0.798. The first-order valence-electron chi connectivity index (χ1n) is 8.24. The molecule has 0 aliphatic heterocycles. The van der Waals surface area contributed by atoms with Crippen LogP contribution in [0.3, 0.4) is 0 Å². The molecule has 0 saturated heterocycles. The number of rotatable bonds is 4. The molecule has 1 N–H and O–H groups in total. The smallest absolute Gasteiger partial charge is 0.306 e. The molecule has 5 nitrogen and oxygen atoms in total. The Labute approximate surface area is 153 Å². The molecule has 1 heterocycles. The first-order chi connectivity index (χ1) is 12.5. The molecule has 1 saturated carbocycles. The molecule has 0 spiro atoms. The van der Waals surface area contributed by atoms with Crippen molar-refractivity contribution >= 4 is 28.5 Å². The lowest BCUT2D eigenvalue weighted by Crippen LogP contribution is -2.38. The first-order valence-corrected chi connectivity index (χ1v) is 8.62. The molecule has 132 valence electrons. The third-order valence-corrected chi connectivity index (χ3v) is 4.89. The lowest BCUT2D eigenvalue weighted by molar-refractivity contribution is -0.147. The van der Waals surface area contributed by atoms with E-state index in [1.165, 1.54) is 6.07 Å². The van der Waals surface area contributed by atoms with Crippen LogP contribution >= 0.6 is 11.6 Å². The van der Waals surface area contributed by atoms with Gasteiger partial charge >= 0.3 is 5.97 Å². The van der Waals surface area contributed by atoms with Crippen LogP contribution in [0.5, 0.6) is 5.75 Å². The van der Waals surface area contributed by atoms with E-state index in [9.17, 15) is 9.59 Å². The van der Waals surface area contributed by atoms with E-state index < -0.39 is 5.97 Å². The average Bonchev–Trinajstić information content (AvgIpc) is 2.58. The SMILES string of the molecule is O=c1cc(-c2ccccc2O[C@H]2C[C@H](C(=O)O)C2)oc2c(Cl)cccc12. The minimum Gasteiger partial charge on any atom is -0.490 e. The number of carboxylic acid groups (broad SMARTS) is 1. The maximum Gasteiger partial charge on any atom is 0.306 e. The maximum atomic E-state index is 12.4. The van der Waals surface area contributed by atoms with Gasteiger partial charge in [-0.15, -0.1) is 0 Å². The topological polar surface area (TPSA) is 76.7 Å². The standard InChI is InChI=1S/C20H15ClO5/c21-15-6-3-5-13-16(22)10-18(26-19(13)15)14-4-1-2-7-17(14)25-12-8-11(9-12)20(23)24/h1-7,10-12H,8-9H2,(H,23,24)/t11-,12-. The zero-order valence-electron chi connectivity index (χ0n) is 13.6. The van der Waals surface area contributed by atoms with Crippen molar-refractivity contribution in [2.24, 2.45) is 5.92 Å². The summed E-state index contributed by atoms with van der Waals surface area (Å²) in [5, 5.41) is 9.77. The third-order valence-electron chi connectivity index (χ3n) is 4.60. The summed E-state index contributed by atoms with van der Waals surface area (Å²) in [5.41, 5.74) is 0.777. The van der Waals surface area contributed by atoms with Crippen molar-refractivity contribution in [2.45, 2.75) is 18.9 Å². The van der Waals surface area contributed by atoms with E-state index in [2.05, 4.69) is 0 Å². The average molecular weight is 371 g/mol. The number of ether oxygens (including phenoxy) is 1. The van der Waals surface area contributed by atoms with Gasteiger partial charge in [-0.05, 0) is 37.1 Å². The Balaban J connectivity index is 1.71. The van der Waals surface area contributed by atoms with Gasteiger partial charge in [0.2, 0.25) is 0 Å². The number of halogens is 1. The van der Waals surface area contributed by atoms with E-state index in [0.29, 0.717) is 45.9 Å². The Morgan fingerprint density at radius 2 is 1.92 bits per heavy atom. The summed E-state index contributed by atoms with van der Waals surface area (Å²) in [6, 6.07) is 13.7. The normalized spacial score (nSPS) is 19.1. The zero-order valence-corrected chi connectivity index (χ0v) is 14.4. The van der Waals surface area contributed by atoms with Gasteiger partial charge in [0.25, 0.3) is 0 Å². The molecule has 0 bridgehead atoms. The number of hydrogen-bond acceptors (Lipinski definition) is 4. The fourth-order valence-electron chi connectivity index (χ4n) is 3.09. The molecule has 1 aliphatic carbocycles. The van der Waals surface area contributed by atoms with Crippen molar-refractivity contribution in [1.82, 2.24) is 0 Å². The van der Waals surface area contributed by atoms with Crippen LogP contribution < -0.4 is 10.2 Å². The zero-order chi connectivity index (χ0) is 18.3. The second-order valence-corrected chi connectivity index (χ2v) is 6.74. The molecular weight excluding hydrogens is 356 g/mol. The van der Waals surface area contributed by atoms with Gasteiger partial charge in [-0.25, -0.2) is 0 Å². The Bertz CT molecular complexity index is 1050. The number of benzene rings is 2. The minimum absolute atomic E-state index is 0.159. The van der Waals surface area contributed by atoms with Crippen LogP contribution in [0, 0.1) is 5.92 Å². The second kappa shape index (κ2) is 6.50. The van der Waals surface area contributed by atoms with Gasteiger partial charge < -0.3 is 14.3 Å². The quantitative estimate of drug-likeness (QED) is 0.738. The summed E-state index contributed by atoms with van der Waals surface area (Å²) in [4.78, 5) is 23.4. The number of para-hydroxylation sites is 2. The van der Waals surface area contributed by atoms with Crippen LogP contribution in [0.1, 0.15) is 12.8 Å². The highest BCUT2D eigenvalue weighted by atomic mass is 35.5. The Morgan fingerprint density at radius 3 is 2.69 bits per heavy atom. The Morgan fingerprint density at radius 1 is 1.15 bits per heavy atom. The highest BCUT2D eigenvalue weighted by molar-refractivity contribution is 6.34. The molecule has 4 rings (SSSR count). The van der Waals surface area contributed by atoms with Crippen molar-refractivity contribution in [1.29, 1.82) is 0 Å². The number of carboxylic acids is 1. The third kappa shape index (κ3) is 2.95. The molecule has 1 aromatic heterocycles. The molecule has 1 fully saturated rings. The number of aliphatic carboxylic acids is 1. The highest BCUT2D eigenvalue weighted by Gasteiger charge is 2.36. The number of carbonyl (C=O) groups is 1. The highest BCUT2D eigenvalue weighted by Crippen LogP contribution is 2.37. The molecular formula is C20H15ClO5. The summed E-state index contributed by atoms with van der Waals surface area (Å²) >= 11 is 6.17. The van der Waals surface area contributed by atoms with Gasteiger partial charge in [-0.2, -0.15) is 0 Å². The van der Waals surface area contributed by atoms with E-state index in [-0.39, 0.29) is 17.5 Å². The van der Waals surface area contributed by atoms with Gasteiger partial charge in [0.05, 0.1) is 21.9 Å². The molecule has 26 heavy (non-hydrogen) atoms. The predicted octanol–water partition coefficient (Wildman–Crippen LogP) is 4.36. The van der Waals surface area contributed by atoms with Crippen molar-refractivity contribution in [3.63, 3.8) is 0 Å². The summed E-state index contributed by atoms with van der Waals surface area (Å²) in [6.07, 6.45) is 0.780. The van der Waals surface area contributed by atoms with E-state index >= 15 is 0 Å². The van der Waals surface area contributed by atoms with Gasteiger partial charge in [0.15, 0.2) is 11.0 Å². The van der Waals surface area contributed by atoms with Crippen molar-refractivity contribution in [3.8, 4) is 17.1 Å². The van der Waals surface area contributed by atoms with Crippen LogP contribution in [-0.4, -0.2) is 17.2 Å². The fraction of sp³-hybridized carbons (Fsp3) is 0.200. The van der Waals surface area contributed by atoms with Gasteiger partial charge in [0.1, 0.15) is 17.6 Å². The summed E-state index contributed by atoms with van der Waals surface area (Å²) in [7, 11) is 0. The lowest BCUT2D eigenvalue weighted by atomic mass is 9.82. The van der Waals surface area contributed by atoms with E-state index in [0.717, 1.165) is 0 Å². The molecule has 2 aromatic carbocycles. The van der Waals surface area contributed by atoms with Crippen LogP contribution in [0.25, 0.3) is 22.3 Å². The largest absolute Gasteiger partial charge is 0.490 e. The van der Waals surface area contributed by atoms with Crippen LogP contribution in [0.2, 0.25) is 5.02 Å². The molecule has 0 unspecified atom stereocenters. The molecule has 0 amide bonds. The van der Waals surface area contributed by atoms with E-state index in [4.69, 9.17) is 25.9 Å². The van der Waals surface area contributed by atoms with E-state index in [1.54, 1.807) is 30.3 Å². The number of hydrogen-bond donors (Lipinski definition) is 1. The Hall–Kier alpha value is -2.79.